The minimum absolute atomic E-state index is 0.179. The second-order valence-electron chi connectivity index (χ2n) is 8.67. The van der Waals surface area contributed by atoms with Gasteiger partial charge in [0.05, 0.1) is 6.04 Å². The summed E-state index contributed by atoms with van der Waals surface area (Å²) in [6, 6.07) is 15.0. The Hall–Kier alpha value is -2.26. The highest BCUT2D eigenvalue weighted by molar-refractivity contribution is 6.30. The number of piperidine rings is 1. The number of anilines is 1. The van der Waals surface area contributed by atoms with Gasteiger partial charge in [-0.15, -0.1) is 0 Å². The molecule has 4 heteroatoms. The summed E-state index contributed by atoms with van der Waals surface area (Å²) >= 11 is 6.10. The molecule has 1 aliphatic carbocycles. The molecule has 0 aromatic heterocycles. The maximum Gasteiger partial charge on any atom is 0.254 e. The molecule has 0 bridgehead atoms. The average molecular weight is 407 g/mol. The predicted octanol–water partition coefficient (Wildman–Crippen LogP) is 6.18. The van der Waals surface area contributed by atoms with Crippen LogP contribution in [0.1, 0.15) is 66.1 Å². The first-order valence-corrected chi connectivity index (χ1v) is 11.1. The number of rotatable bonds is 2. The van der Waals surface area contributed by atoms with Crippen LogP contribution in [0.5, 0.6) is 0 Å². The summed E-state index contributed by atoms with van der Waals surface area (Å²) in [5.41, 5.74) is 4.48. The van der Waals surface area contributed by atoms with Crippen molar-refractivity contribution in [3.63, 3.8) is 0 Å². The van der Waals surface area contributed by atoms with Crippen molar-refractivity contribution in [3.05, 3.63) is 76.3 Å². The molecule has 2 aromatic rings. The SMILES string of the molecule is C[C@@H]1CCCCN1C(=O)c1ccc2c(c1)[C@H]1C=CC[C@@H]1[C@@H](c1ccc(Cl)cc1)N2. The van der Waals surface area contributed by atoms with Gasteiger partial charge in [-0.25, -0.2) is 0 Å². The molecule has 1 saturated heterocycles. The van der Waals surface area contributed by atoms with Crippen LogP contribution in [0.25, 0.3) is 0 Å². The van der Waals surface area contributed by atoms with Gasteiger partial charge in [0.25, 0.3) is 5.91 Å². The minimum atomic E-state index is 0.179. The Kier molecular flexibility index (Phi) is 4.87. The van der Waals surface area contributed by atoms with Gasteiger partial charge in [-0.05, 0) is 80.0 Å². The van der Waals surface area contributed by atoms with E-state index >= 15 is 0 Å². The highest BCUT2D eigenvalue weighted by Crippen LogP contribution is 2.50. The van der Waals surface area contributed by atoms with Gasteiger partial charge in [0.1, 0.15) is 0 Å². The molecule has 3 nitrogen and oxygen atoms in total. The molecule has 0 radical (unpaired) electrons. The summed E-state index contributed by atoms with van der Waals surface area (Å²) in [5, 5.41) is 4.52. The number of carbonyl (C=O) groups is 1. The summed E-state index contributed by atoms with van der Waals surface area (Å²) in [6.45, 7) is 3.05. The smallest absolute Gasteiger partial charge is 0.254 e. The third kappa shape index (κ3) is 3.36. The van der Waals surface area contributed by atoms with Crippen LogP contribution in [0.15, 0.2) is 54.6 Å². The van der Waals surface area contributed by atoms with E-state index in [0.717, 1.165) is 42.1 Å². The van der Waals surface area contributed by atoms with E-state index in [1.54, 1.807) is 0 Å². The van der Waals surface area contributed by atoms with Crippen molar-refractivity contribution < 1.29 is 4.79 Å². The van der Waals surface area contributed by atoms with E-state index in [1.165, 1.54) is 17.5 Å². The van der Waals surface area contributed by atoms with Crippen molar-refractivity contribution >= 4 is 23.2 Å². The van der Waals surface area contributed by atoms with Crippen molar-refractivity contribution in [2.45, 2.75) is 50.6 Å². The largest absolute Gasteiger partial charge is 0.378 e. The number of allylic oxidation sites excluding steroid dienone is 2. The van der Waals surface area contributed by atoms with Crippen LogP contribution in [0.3, 0.4) is 0 Å². The molecule has 29 heavy (non-hydrogen) atoms. The number of nitrogens with zero attached hydrogens (tertiary/aromatic N) is 1. The third-order valence-electron chi connectivity index (χ3n) is 6.90. The highest BCUT2D eigenvalue weighted by atomic mass is 35.5. The van der Waals surface area contributed by atoms with Gasteiger partial charge in [-0.2, -0.15) is 0 Å². The molecule has 1 amide bonds. The molecule has 150 valence electrons. The number of nitrogens with one attached hydrogen (secondary N) is 1. The number of fused-ring (bicyclic) bond motifs is 3. The fourth-order valence-electron chi connectivity index (χ4n) is 5.29. The summed E-state index contributed by atoms with van der Waals surface area (Å²) in [6.07, 6.45) is 9.10. The monoisotopic (exact) mass is 406 g/mol. The quantitative estimate of drug-likeness (QED) is 0.604. The Morgan fingerprint density at radius 3 is 2.76 bits per heavy atom. The van der Waals surface area contributed by atoms with E-state index in [4.69, 9.17) is 11.6 Å². The number of hydrogen-bond acceptors (Lipinski definition) is 2. The lowest BCUT2D eigenvalue weighted by Crippen LogP contribution is -2.42. The van der Waals surface area contributed by atoms with Gasteiger partial charge in [0, 0.05) is 34.8 Å². The van der Waals surface area contributed by atoms with Crippen LogP contribution in [-0.2, 0) is 0 Å². The number of likely N-dealkylation sites (tertiary alicyclic amines) is 1. The average Bonchev–Trinajstić information content (AvgIpc) is 3.24. The zero-order valence-electron chi connectivity index (χ0n) is 16.8. The number of halogens is 1. The fraction of sp³-hybridized carbons (Fsp3) is 0.400. The molecule has 1 fully saturated rings. The third-order valence-corrected chi connectivity index (χ3v) is 7.15. The second kappa shape index (κ2) is 7.53. The van der Waals surface area contributed by atoms with Crippen LogP contribution < -0.4 is 5.32 Å². The Balaban J connectivity index is 1.47. The lowest BCUT2D eigenvalue weighted by Gasteiger charge is -2.38. The Morgan fingerprint density at radius 2 is 1.97 bits per heavy atom. The van der Waals surface area contributed by atoms with E-state index in [2.05, 4.69) is 53.6 Å². The standard InChI is InChI=1S/C25H27ClN2O/c1-16-5-2-3-14-28(16)25(29)18-10-13-23-22(15-18)20-6-4-7-21(20)24(27-23)17-8-11-19(26)12-9-17/h4,6,8-13,15-16,20-21,24,27H,2-3,5,7,14H2,1H3/t16-,20+,21+,24-/m1/s1. The van der Waals surface area contributed by atoms with Gasteiger partial charge in [0.2, 0.25) is 0 Å². The molecule has 1 N–H and O–H groups in total. The molecule has 2 aromatic carbocycles. The van der Waals surface area contributed by atoms with Gasteiger partial charge in [-0.1, -0.05) is 35.9 Å². The number of hydrogen-bond donors (Lipinski definition) is 1. The van der Waals surface area contributed by atoms with Gasteiger partial charge < -0.3 is 10.2 Å². The molecule has 2 aliphatic heterocycles. The molecule has 0 saturated carbocycles. The van der Waals surface area contributed by atoms with Crippen LogP contribution in [0.4, 0.5) is 5.69 Å². The fourth-order valence-corrected chi connectivity index (χ4v) is 5.42. The maximum atomic E-state index is 13.2. The maximum absolute atomic E-state index is 13.2. The van der Waals surface area contributed by atoms with Crippen LogP contribution >= 0.6 is 11.6 Å². The molecule has 2 heterocycles. The number of benzene rings is 2. The first-order valence-electron chi connectivity index (χ1n) is 10.8. The van der Waals surface area contributed by atoms with E-state index in [9.17, 15) is 4.79 Å². The highest BCUT2D eigenvalue weighted by Gasteiger charge is 2.38. The van der Waals surface area contributed by atoms with Crippen molar-refractivity contribution in [3.8, 4) is 0 Å². The summed E-state index contributed by atoms with van der Waals surface area (Å²) in [7, 11) is 0. The minimum Gasteiger partial charge on any atom is -0.378 e. The molecule has 4 atom stereocenters. The molecular weight excluding hydrogens is 380 g/mol. The lowest BCUT2D eigenvalue weighted by molar-refractivity contribution is 0.0635. The van der Waals surface area contributed by atoms with E-state index in [0.29, 0.717) is 17.9 Å². The molecule has 0 unspecified atom stereocenters. The zero-order valence-corrected chi connectivity index (χ0v) is 17.5. The molecule has 0 spiro atoms. The summed E-state index contributed by atoms with van der Waals surface area (Å²) < 4.78 is 0. The molecule has 5 rings (SSSR count). The van der Waals surface area contributed by atoms with E-state index < -0.39 is 0 Å². The Bertz CT molecular complexity index is 952. The van der Waals surface area contributed by atoms with Crippen molar-refractivity contribution in [2.75, 3.05) is 11.9 Å². The second-order valence-corrected chi connectivity index (χ2v) is 9.11. The first kappa shape index (κ1) is 18.7. The first-order chi connectivity index (χ1) is 14.1. The summed E-state index contributed by atoms with van der Waals surface area (Å²) in [4.78, 5) is 15.2. The van der Waals surface area contributed by atoms with E-state index in [-0.39, 0.29) is 11.9 Å². The lowest BCUT2D eigenvalue weighted by atomic mass is 9.76. The van der Waals surface area contributed by atoms with Gasteiger partial charge in [-0.3, -0.25) is 4.79 Å². The summed E-state index contributed by atoms with van der Waals surface area (Å²) in [5.74, 6) is 0.986. The van der Waals surface area contributed by atoms with Crippen LogP contribution in [0, 0.1) is 5.92 Å². The number of amides is 1. The molecule has 3 aliphatic rings. The topological polar surface area (TPSA) is 32.3 Å². The van der Waals surface area contributed by atoms with Crippen LogP contribution in [0.2, 0.25) is 5.02 Å². The van der Waals surface area contributed by atoms with Crippen LogP contribution in [-0.4, -0.2) is 23.4 Å². The predicted molar refractivity (Wildman–Crippen MR) is 119 cm³/mol. The van der Waals surface area contributed by atoms with Gasteiger partial charge in [0.15, 0.2) is 0 Å². The van der Waals surface area contributed by atoms with Crippen molar-refractivity contribution in [2.24, 2.45) is 5.92 Å². The van der Waals surface area contributed by atoms with Gasteiger partial charge >= 0.3 is 0 Å². The zero-order chi connectivity index (χ0) is 20.0. The normalized spacial score (nSPS) is 27.9. The van der Waals surface area contributed by atoms with E-state index in [1.807, 2.05) is 18.2 Å². The van der Waals surface area contributed by atoms with Crippen molar-refractivity contribution in [1.29, 1.82) is 0 Å². The van der Waals surface area contributed by atoms with Crippen molar-refractivity contribution in [1.82, 2.24) is 4.90 Å². The Morgan fingerprint density at radius 1 is 1.14 bits per heavy atom. The number of carbonyl (C=O) groups excluding carboxylic acids is 1. The molecular formula is C25H27ClN2O. The Labute approximate surface area is 177 Å².